The number of carbonyl (C=O) groups excluding carboxylic acids is 1. The van der Waals surface area contributed by atoms with Crippen LogP contribution in [0.1, 0.15) is 36.7 Å². The third-order valence-corrected chi connectivity index (χ3v) is 3.25. The van der Waals surface area contributed by atoms with Gasteiger partial charge in [-0.05, 0) is 23.6 Å². The van der Waals surface area contributed by atoms with Gasteiger partial charge in [-0.3, -0.25) is 4.79 Å². The van der Waals surface area contributed by atoms with Crippen molar-refractivity contribution in [2.45, 2.75) is 26.2 Å². The Balaban J connectivity index is 2.45. The fourth-order valence-corrected chi connectivity index (χ4v) is 2.15. The molecule has 0 aliphatic carbocycles. The second-order valence-corrected chi connectivity index (χ2v) is 6.08. The van der Waals surface area contributed by atoms with Crippen LogP contribution in [0.5, 0.6) is 11.5 Å². The van der Waals surface area contributed by atoms with Gasteiger partial charge < -0.3 is 4.74 Å². The summed E-state index contributed by atoms with van der Waals surface area (Å²) in [6.45, 7) is 6.36. The zero-order valence-electron chi connectivity index (χ0n) is 11.8. The predicted molar refractivity (Wildman–Crippen MR) is 82.1 cm³/mol. The predicted octanol–water partition coefficient (Wildman–Crippen LogP) is 5.24. The van der Waals surface area contributed by atoms with E-state index in [0.29, 0.717) is 16.3 Å². The van der Waals surface area contributed by atoms with Gasteiger partial charge in [0.15, 0.2) is 6.29 Å². The van der Waals surface area contributed by atoms with Crippen molar-refractivity contribution in [1.82, 2.24) is 0 Å². The molecule has 104 valence electrons. The van der Waals surface area contributed by atoms with Gasteiger partial charge >= 0.3 is 0 Å². The lowest BCUT2D eigenvalue weighted by Crippen LogP contribution is -2.12. The van der Waals surface area contributed by atoms with Gasteiger partial charge in [0.2, 0.25) is 0 Å². The number of halogens is 1. The lowest BCUT2D eigenvalue weighted by Gasteiger charge is -2.22. The minimum absolute atomic E-state index is 0.0451. The smallest absolute Gasteiger partial charge is 0.153 e. The molecule has 0 aromatic heterocycles. The molecule has 0 bridgehead atoms. The quantitative estimate of drug-likeness (QED) is 0.722. The number of benzene rings is 2. The van der Waals surface area contributed by atoms with Crippen molar-refractivity contribution in [3.05, 3.63) is 58.6 Å². The molecule has 2 nitrogen and oxygen atoms in total. The van der Waals surface area contributed by atoms with Gasteiger partial charge in [0.05, 0.1) is 5.56 Å². The number of hydrogen-bond acceptors (Lipinski definition) is 2. The minimum atomic E-state index is -0.0451. The van der Waals surface area contributed by atoms with E-state index in [1.807, 2.05) is 24.3 Å². The lowest BCUT2D eigenvalue weighted by molar-refractivity contribution is 0.112. The standard InChI is InChI=1S/C17H17ClO2/c1-17(2,3)14-6-4-5-7-15(14)20-16-10-13(18)9-8-12(16)11-19/h4-11H,1-3H3. The highest BCUT2D eigenvalue weighted by Gasteiger charge is 2.19. The molecule has 0 saturated carbocycles. The highest BCUT2D eigenvalue weighted by molar-refractivity contribution is 6.30. The molecular weight excluding hydrogens is 272 g/mol. The normalized spacial score (nSPS) is 11.2. The summed E-state index contributed by atoms with van der Waals surface area (Å²) in [6.07, 6.45) is 0.769. The van der Waals surface area contributed by atoms with Crippen molar-refractivity contribution >= 4 is 17.9 Å². The molecule has 0 heterocycles. The Morgan fingerprint density at radius 1 is 1.05 bits per heavy atom. The number of carbonyl (C=O) groups is 1. The number of rotatable bonds is 3. The summed E-state index contributed by atoms with van der Waals surface area (Å²) in [5, 5.41) is 0.541. The topological polar surface area (TPSA) is 26.3 Å². The SMILES string of the molecule is CC(C)(C)c1ccccc1Oc1cc(Cl)ccc1C=O. The molecular formula is C17H17ClO2. The Bertz CT molecular complexity index is 627. The summed E-state index contributed by atoms with van der Waals surface area (Å²) in [7, 11) is 0. The van der Waals surface area contributed by atoms with Crippen LogP contribution in [-0.4, -0.2) is 6.29 Å². The van der Waals surface area contributed by atoms with E-state index in [1.165, 1.54) is 0 Å². The van der Waals surface area contributed by atoms with Crippen LogP contribution >= 0.6 is 11.6 Å². The summed E-state index contributed by atoms with van der Waals surface area (Å²) in [5.41, 5.74) is 1.52. The average Bonchev–Trinajstić information content (AvgIpc) is 2.38. The largest absolute Gasteiger partial charge is 0.456 e. The van der Waals surface area contributed by atoms with Crippen LogP contribution in [0.15, 0.2) is 42.5 Å². The highest BCUT2D eigenvalue weighted by atomic mass is 35.5. The molecule has 0 unspecified atom stereocenters. The second kappa shape index (κ2) is 5.68. The van der Waals surface area contributed by atoms with Crippen molar-refractivity contribution in [1.29, 1.82) is 0 Å². The molecule has 0 atom stereocenters. The van der Waals surface area contributed by atoms with E-state index in [2.05, 4.69) is 20.8 Å². The zero-order chi connectivity index (χ0) is 14.8. The third-order valence-electron chi connectivity index (χ3n) is 3.02. The first-order valence-corrected chi connectivity index (χ1v) is 6.81. The van der Waals surface area contributed by atoms with Crippen molar-refractivity contribution in [3.63, 3.8) is 0 Å². The van der Waals surface area contributed by atoms with Gasteiger partial charge in [-0.2, -0.15) is 0 Å². The van der Waals surface area contributed by atoms with Gasteiger partial charge in [0.1, 0.15) is 11.5 Å². The summed E-state index contributed by atoms with van der Waals surface area (Å²) in [4.78, 5) is 11.1. The number of aldehydes is 1. The van der Waals surface area contributed by atoms with Crippen molar-refractivity contribution in [2.24, 2.45) is 0 Å². The van der Waals surface area contributed by atoms with Crippen LogP contribution in [0.25, 0.3) is 0 Å². The molecule has 0 amide bonds. The number of para-hydroxylation sites is 1. The first-order chi connectivity index (χ1) is 9.41. The Morgan fingerprint density at radius 2 is 1.75 bits per heavy atom. The van der Waals surface area contributed by atoms with Gasteiger partial charge in [-0.15, -0.1) is 0 Å². The number of ether oxygens (including phenoxy) is 1. The summed E-state index contributed by atoms with van der Waals surface area (Å²) in [6, 6.07) is 12.8. The van der Waals surface area contributed by atoms with Gasteiger partial charge in [-0.25, -0.2) is 0 Å². The lowest BCUT2D eigenvalue weighted by atomic mass is 9.86. The molecule has 20 heavy (non-hydrogen) atoms. The molecule has 0 aliphatic rings. The monoisotopic (exact) mass is 288 g/mol. The van der Waals surface area contributed by atoms with E-state index < -0.39 is 0 Å². The van der Waals surface area contributed by atoms with Crippen LogP contribution < -0.4 is 4.74 Å². The fourth-order valence-electron chi connectivity index (χ4n) is 1.99. The fraction of sp³-hybridized carbons (Fsp3) is 0.235. The molecule has 0 N–H and O–H groups in total. The Kier molecular flexibility index (Phi) is 4.15. The molecule has 0 aliphatic heterocycles. The van der Waals surface area contributed by atoms with Crippen molar-refractivity contribution in [3.8, 4) is 11.5 Å². The molecule has 2 aromatic carbocycles. The van der Waals surface area contributed by atoms with Crippen LogP contribution in [0.2, 0.25) is 5.02 Å². The van der Waals surface area contributed by atoms with Crippen LogP contribution in [0.4, 0.5) is 0 Å². The van der Waals surface area contributed by atoms with Crippen molar-refractivity contribution in [2.75, 3.05) is 0 Å². The van der Waals surface area contributed by atoms with Crippen LogP contribution in [0, 0.1) is 0 Å². The van der Waals surface area contributed by atoms with E-state index in [0.717, 1.165) is 17.6 Å². The van der Waals surface area contributed by atoms with Crippen LogP contribution in [-0.2, 0) is 5.41 Å². The minimum Gasteiger partial charge on any atom is -0.456 e. The van der Waals surface area contributed by atoms with E-state index in [-0.39, 0.29) is 5.41 Å². The third kappa shape index (κ3) is 3.20. The maximum atomic E-state index is 11.1. The maximum Gasteiger partial charge on any atom is 0.153 e. The van der Waals surface area contributed by atoms with E-state index in [4.69, 9.17) is 16.3 Å². The van der Waals surface area contributed by atoms with Crippen molar-refractivity contribution < 1.29 is 9.53 Å². The first kappa shape index (κ1) is 14.6. The van der Waals surface area contributed by atoms with E-state index >= 15 is 0 Å². The van der Waals surface area contributed by atoms with Gasteiger partial charge in [0.25, 0.3) is 0 Å². The molecule has 0 radical (unpaired) electrons. The second-order valence-electron chi connectivity index (χ2n) is 5.65. The zero-order valence-corrected chi connectivity index (χ0v) is 12.6. The van der Waals surface area contributed by atoms with Gasteiger partial charge in [-0.1, -0.05) is 50.6 Å². The molecule has 0 spiro atoms. The maximum absolute atomic E-state index is 11.1. The van der Waals surface area contributed by atoms with E-state index in [9.17, 15) is 4.79 Å². The highest BCUT2D eigenvalue weighted by Crippen LogP contribution is 2.35. The van der Waals surface area contributed by atoms with E-state index in [1.54, 1.807) is 18.2 Å². The molecule has 3 heteroatoms. The molecule has 0 saturated heterocycles. The molecule has 2 aromatic rings. The molecule has 0 fully saturated rings. The Labute approximate surface area is 124 Å². The summed E-state index contributed by atoms with van der Waals surface area (Å²) >= 11 is 5.97. The van der Waals surface area contributed by atoms with Crippen LogP contribution in [0.3, 0.4) is 0 Å². The summed E-state index contributed by atoms with van der Waals surface area (Å²) in [5.74, 6) is 1.22. The first-order valence-electron chi connectivity index (χ1n) is 6.44. The number of hydrogen-bond donors (Lipinski definition) is 0. The summed E-state index contributed by atoms with van der Waals surface area (Å²) < 4.78 is 5.92. The van der Waals surface area contributed by atoms with Gasteiger partial charge in [0, 0.05) is 16.7 Å². The average molecular weight is 289 g/mol. The molecule has 2 rings (SSSR count). The Morgan fingerprint density at radius 3 is 2.40 bits per heavy atom. The Hall–Kier alpha value is -1.80.